The van der Waals surface area contributed by atoms with Crippen molar-refractivity contribution in [1.82, 2.24) is 34.9 Å². The molecule has 136 valence electrons. The molecule has 2 aromatic heterocycles. The molecule has 1 aromatic carbocycles. The number of aromatic nitrogens is 6. The normalized spacial score (nSPS) is 16.0. The number of hydrogen-bond acceptors (Lipinski definition) is 6. The van der Waals surface area contributed by atoms with E-state index in [1.54, 1.807) is 0 Å². The lowest BCUT2D eigenvalue weighted by atomic mass is 10.3. The van der Waals surface area contributed by atoms with E-state index in [1.807, 2.05) is 45.9 Å². The predicted molar refractivity (Wildman–Crippen MR) is 99.2 cm³/mol. The van der Waals surface area contributed by atoms with E-state index in [0.29, 0.717) is 0 Å². The van der Waals surface area contributed by atoms with Gasteiger partial charge in [0.2, 0.25) is 5.95 Å². The molecule has 0 spiro atoms. The van der Waals surface area contributed by atoms with Crippen LogP contribution in [0.25, 0.3) is 5.69 Å². The summed E-state index contributed by atoms with van der Waals surface area (Å²) in [6.07, 6.45) is 5.20. The second kappa shape index (κ2) is 7.65. The van der Waals surface area contributed by atoms with Crippen LogP contribution in [0.15, 0.2) is 42.7 Å². The largest absolute Gasteiger partial charge is 0.338 e. The van der Waals surface area contributed by atoms with E-state index >= 15 is 0 Å². The van der Waals surface area contributed by atoms with Gasteiger partial charge in [-0.15, -0.1) is 0 Å². The number of nitrogens with zero attached hydrogens (tertiary/aromatic N) is 8. The van der Waals surface area contributed by atoms with E-state index in [0.717, 1.165) is 57.3 Å². The maximum Gasteiger partial charge on any atom is 0.250 e. The molecule has 1 saturated heterocycles. The highest BCUT2D eigenvalue weighted by molar-refractivity contribution is 5.40. The lowest BCUT2D eigenvalue weighted by molar-refractivity contribution is 0.285. The molecule has 26 heavy (non-hydrogen) atoms. The second-order valence-electron chi connectivity index (χ2n) is 6.55. The third kappa shape index (κ3) is 3.60. The summed E-state index contributed by atoms with van der Waals surface area (Å²) in [4.78, 5) is 4.76. The number of anilines is 1. The molecule has 3 aromatic rings. The number of benzene rings is 1. The van der Waals surface area contributed by atoms with Crippen LogP contribution in [0, 0.1) is 0 Å². The summed E-state index contributed by atoms with van der Waals surface area (Å²) in [7, 11) is 0. The van der Waals surface area contributed by atoms with Gasteiger partial charge in [-0.3, -0.25) is 9.58 Å². The van der Waals surface area contributed by atoms with Gasteiger partial charge in [-0.05, 0) is 35.9 Å². The van der Waals surface area contributed by atoms with Gasteiger partial charge in [0.05, 0.1) is 11.9 Å². The van der Waals surface area contributed by atoms with E-state index < -0.39 is 0 Å². The van der Waals surface area contributed by atoms with Crippen LogP contribution >= 0.6 is 0 Å². The molecule has 3 heterocycles. The summed E-state index contributed by atoms with van der Waals surface area (Å²) < 4.78 is 3.80. The molecule has 8 heteroatoms. The number of hydrogen-bond donors (Lipinski definition) is 0. The summed E-state index contributed by atoms with van der Waals surface area (Å²) in [6, 6.07) is 10.0. The van der Waals surface area contributed by atoms with Crippen molar-refractivity contribution in [2.45, 2.75) is 26.4 Å². The number of para-hydroxylation sites is 1. The first-order chi connectivity index (χ1) is 12.8. The lowest BCUT2D eigenvalue weighted by Gasteiger charge is -2.22. The van der Waals surface area contributed by atoms with Crippen molar-refractivity contribution < 1.29 is 0 Å². The van der Waals surface area contributed by atoms with Gasteiger partial charge in [0.15, 0.2) is 0 Å². The number of aryl methyl sites for hydroxylation is 1. The van der Waals surface area contributed by atoms with E-state index in [9.17, 15) is 0 Å². The predicted octanol–water partition coefficient (Wildman–Crippen LogP) is 1.59. The molecule has 0 radical (unpaired) electrons. The summed E-state index contributed by atoms with van der Waals surface area (Å²) in [5.74, 6) is 0.817. The fourth-order valence-electron chi connectivity index (χ4n) is 3.36. The highest BCUT2D eigenvalue weighted by Gasteiger charge is 2.20. The maximum absolute atomic E-state index is 4.37. The van der Waals surface area contributed by atoms with Crippen molar-refractivity contribution in [2.24, 2.45) is 0 Å². The molecule has 0 unspecified atom stereocenters. The molecule has 0 N–H and O–H groups in total. The van der Waals surface area contributed by atoms with Gasteiger partial charge in [0.25, 0.3) is 0 Å². The van der Waals surface area contributed by atoms with Gasteiger partial charge < -0.3 is 4.90 Å². The Morgan fingerprint density at radius 2 is 1.92 bits per heavy atom. The lowest BCUT2D eigenvalue weighted by Crippen LogP contribution is -2.32. The quantitative estimate of drug-likeness (QED) is 0.695. The van der Waals surface area contributed by atoms with E-state index in [2.05, 4.69) is 43.5 Å². The molecule has 8 nitrogen and oxygen atoms in total. The molecule has 4 rings (SSSR count). The van der Waals surface area contributed by atoms with Gasteiger partial charge in [-0.1, -0.05) is 23.3 Å². The van der Waals surface area contributed by atoms with Crippen LogP contribution in [0.5, 0.6) is 0 Å². The van der Waals surface area contributed by atoms with Crippen molar-refractivity contribution in [3.63, 3.8) is 0 Å². The average molecular weight is 352 g/mol. The molecule has 0 bridgehead atoms. The number of rotatable bonds is 5. The first kappa shape index (κ1) is 16.7. The summed E-state index contributed by atoms with van der Waals surface area (Å²) in [5.41, 5.74) is 2.26. The van der Waals surface area contributed by atoms with E-state index in [4.69, 9.17) is 0 Å². The average Bonchev–Trinajstić information content (AvgIpc) is 3.28. The molecule has 0 saturated carbocycles. The SMILES string of the molecule is CCn1cc(CN2CCCN(c3nnnn3-c3ccccc3)CC2)cn1. The highest BCUT2D eigenvalue weighted by Crippen LogP contribution is 2.17. The fourth-order valence-corrected chi connectivity index (χ4v) is 3.36. The Morgan fingerprint density at radius 3 is 2.73 bits per heavy atom. The zero-order valence-corrected chi connectivity index (χ0v) is 15.1. The van der Waals surface area contributed by atoms with Gasteiger partial charge in [-0.2, -0.15) is 9.78 Å². The van der Waals surface area contributed by atoms with Crippen molar-refractivity contribution in [3.05, 3.63) is 48.3 Å². The van der Waals surface area contributed by atoms with Crippen LogP contribution in [0.3, 0.4) is 0 Å². The van der Waals surface area contributed by atoms with Crippen LogP contribution in [-0.4, -0.2) is 61.1 Å². The number of tetrazole rings is 1. The fraction of sp³-hybridized carbons (Fsp3) is 0.444. The Kier molecular flexibility index (Phi) is 4.92. The van der Waals surface area contributed by atoms with Gasteiger partial charge in [-0.25, -0.2) is 0 Å². The topological polar surface area (TPSA) is 67.9 Å². The van der Waals surface area contributed by atoms with E-state index in [1.165, 1.54) is 5.56 Å². The third-order valence-electron chi connectivity index (χ3n) is 4.74. The zero-order chi connectivity index (χ0) is 17.8. The minimum absolute atomic E-state index is 0.817. The van der Waals surface area contributed by atoms with Crippen LogP contribution in [0.4, 0.5) is 5.95 Å². The van der Waals surface area contributed by atoms with E-state index in [-0.39, 0.29) is 0 Å². The standard InChI is InChI=1S/C18H24N8/c1-2-25-15-16(13-19-25)14-23-9-6-10-24(12-11-23)18-20-21-22-26(18)17-7-4-3-5-8-17/h3-5,7-8,13,15H,2,6,9-12,14H2,1H3. The Labute approximate surface area is 153 Å². The first-order valence-corrected chi connectivity index (χ1v) is 9.16. The smallest absolute Gasteiger partial charge is 0.250 e. The summed E-state index contributed by atoms with van der Waals surface area (Å²) >= 11 is 0. The summed E-state index contributed by atoms with van der Waals surface area (Å²) in [5, 5.41) is 16.7. The van der Waals surface area contributed by atoms with Gasteiger partial charge >= 0.3 is 0 Å². The van der Waals surface area contributed by atoms with Crippen LogP contribution in [0.1, 0.15) is 18.9 Å². The van der Waals surface area contributed by atoms with Gasteiger partial charge in [0, 0.05) is 51.0 Å². The van der Waals surface area contributed by atoms with Crippen molar-refractivity contribution >= 4 is 5.95 Å². The highest BCUT2D eigenvalue weighted by atomic mass is 15.6. The molecule has 0 atom stereocenters. The minimum atomic E-state index is 0.817. The second-order valence-corrected chi connectivity index (χ2v) is 6.55. The van der Waals surface area contributed by atoms with Crippen LogP contribution in [0.2, 0.25) is 0 Å². The Morgan fingerprint density at radius 1 is 1.04 bits per heavy atom. The molecule has 1 aliphatic heterocycles. The summed E-state index contributed by atoms with van der Waals surface area (Å²) in [6.45, 7) is 7.89. The third-order valence-corrected chi connectivity index (χ3v) is 4.74. The Bertz CT molecular complexity index is 825. The molecular formula is C18H24N8. The van der Waals surface area contributed by atoms with Crippen molar-refractivity contribution in [3.8, 4) is 5.69 Å². The monoisotopic (exact) mass is 352 g/mol. The Hall–Kier alpha value is -2.74. The molecule has 0 aliphatic carbocycles. The maximum atomic E-state index is 4.37. The van der Waals surface area contributed by atoms with Gasteiger partial charge in [0.1, 0.15) is 0 Å². The Balaban J connectivity index is 1.44. The first-order valence-electron chi connectivity index (χ1n) is 9.16. The molecule has 1 fully saturated rings. The van der Waals surface area contributed by atoms with Crippen molar-refractivity contribution in [1.29, 1.82) is 0 Å². The van der Waals surface area contributed by atoms with Crippen LogP contribution in [-0.2, 0) is 13.1 Å². The zero-order valence-electron chi connectivity index (χ0n) is 15.1. The molecular weight excluding hydrogens is 328 g/mol. The van der Waals surface area contributed by atoms with Crippen molar-refractivity contribution in [2.75, 3.05) is 31.1 Å². The van der Waals surface area contributed by atoms with Crippen LogP contribution < -0.4 is 4.90 Å². The minimum Gasteiger partial charge on any atom is -0.338 e. The molecule has 1 aliphatic rings. The molecule has 0 amide bonds.